The molecule has 0 N–H and O–H groups in total. The third-order valence-corrected chi connectivity index (χ3v) is 4.81. The Labute approximate surface area is 132 Å². The van der Waals surface area contributed by atoms with Crippen molar-refractivity contribution in [2.24, 2.45) is 7.05 Å². The van der Waals surface area contributed by atoms with Crippen molar-refractivity contribution in [1.82, 2.24) is 9.78 Å². The van der Waals surface area contributed by atoms with Gasteiger partial charge in [-0.2, -0.15) is 5.10 Å². The molecule has 0 bridgehead atoms. The van der Waals surface area contributed by atoms with Crippen LogP contribution in [-0.4, -0.2) is 9.78 Å². The average Bonchev–Trinajstić information content (AvgIpc) is 2.74. The van der Waals surface area contributed by atoms with Gasteiger partial charge < -0.3 is 0 Å². The quantitative estimate of drug-likeness (QED) is 0.554. The minimum Gasteiger partial charge on any atom is -0.260 e. The number of benzene rings is 2. The van der Waals surface area contributed by atoms with Crippen molar-refractivity contribution in [2.75, 3.05) is 0 Å². The highest BCUT2D eigenvalue weighted by atomic mass is 79.9. The van der Waals surface area contributed by atoms with Gasteiger partial charge in [0.2, 0.25) is 0 Å². The molecule has 0 amide bonds. The van der Waals surface area contributed by atoms with Gasteiger partial charge >= 0.3 is 0 Å². The highest BCUT2D eigenvalue weighted by Crippen LogP contribution is 2.34. The van der Waals surface area contributed by atoms with E-state index in [1.165, 1.54) is 0 Å². The zero-order valence-corrected chi connectivity index (χ0v) is 13.9. The van der Waals surface area contributed by atoms with Crippen LogP contribution in [0.15, 0.2) is 41.0 Å². The minimum atomic E-state index is -0.198. The molecule has 2 aromatic carbocycles. The summed E-state index contributed by atoms with van der Waals surface area (Å²) in [6.07, 6.45) is 0. The molecule has 0 aliphatic heterocycles. The molecule has 3 rings (SSSR count). The van der Waals surface area contributed by atoms with Crippen LogP contribution in [0.2, 0.25) is 0 Å². The average molecular weight is 398 g/mol. The van der Waals surface area contributed by atoms with Crippen molar-refractivity contribution in [3.63, 3.8) is 0 Å². The summed E-state index contributed by atoms with van der Waals surface area (Å²) in [5.41, 5.74) is 3.38. The molecule has 0 unspecified atom stereocenters. The molecule has 3 aromatic rings. The lowest BCUT2D eigenvalue weighted by Gasteiger charge is -2.06. The Morgan fingerprint density at radius 2 is 2.05 bits per heavy atom. The van der Waals surface area contributed by atoms with Gasteiger partial charge in [0, 0.05) is 17.8 Å². The van der Waals surface area contributed by atoms with Gasteiger partial charge in [-0.15, -0.1) is 0 Å². The fraction of sp³-hybridized carbons (Fsp3) is 0.133. The lowest BCUT2D eigenvalue weighted by atomic mass is 10.0. The second-order valence-corrected chi connectivity index (χ2v) is 5.87. The molecule has 0 saturated heterocycles. The minimum absolute atomic E-state index is 0.198. The monoisotopic (exact) mass is 396 g/mol. The first-order valence-corrected chi connectivity index (χ1v) is 7.99. The Balaban J connectivity index is 2.26. The number of rotatable bonds is 2. The highest BCUT2D eigenvalue weighted by Gasteiger charge is 2.13. The van der Waals surface area contributed by atoms with Gasteiger partial charge in [-0.3, -0.25) is 4.68 Å². The number of hydrogen-bond acceptors (Lipinski definition) is 1. The maximum atomic E-state index is 14.0. The van der Waals surface area contributed by atoms with Crippen molar-refractivity contribution in [3.8, 4) is 11.1 Å². The van der Waals surface area contributed by atoms with E-state index >= 15 is 0 Å². The molecule has 0 aliphatic carbocycles. The molecule has 0 aliphatic rings. The molecular weight excluding hydrogens is 387 g/mol. The standard InChI is InChI=1S/C15H11Br2FN2/c1-20-15(17)14-11(3-2-4-13(14)19-20)9-5-6-10(8-16)12(18)7-9/h2-7H,8H2,1H3. The largest absolute Gasteiger partial charge is 0.260 e. The number of hydrogen-bond donors (Lipinski definition) is 0. The van der Waals surface area contributed by atoms with Crippen LogP contribution in [0.4, 0.5) is 4.39 Å². The van der Waals surface area contributed by atoms with Gasteiger partial charge in [0.25, 0.3) is 0 Å². The van der Waals surface area contributed by atoms with Gasteiger partial charge in [0.1, 0.15) is 10.4 Å². The molecule has 0 spiro atoms. The topological polar surface area (TPSA) is 17.8 Å². The number of alkyl halides is 1. The van der Waals surface area contributed by atoms with Crippen LogP contribution in [0.5, 0.6) is 0 Å². The van der Waals surface area contributed by atoms with Crippen LogP contribution in [0.1, 0.15) is 5.56 Å². The lowest BCUT2D eigenvalue weighted by Crippen LogP contribution is -1.89. The molecule has 0 atom stereocenters. The summed E-state index contributed by atoms with van der Waals surface area (Å²) in [7, 11) is 1.88. The van der Waals surface area contributed by atoms with Crippen LogP contribution >= 0.6 is 31.9 Å². The Morgan fingerprint density at radius 1 is 1.25 bits per heavy atom. The third-order valence-electron chi connectivity index (χ3n) is 3.30. The van der Waals surface area contributed by atoms with Crippen molar-refractivity contribution in [1.29, 1.82) is 0 Å². The van der Waals surface area contributed by atoms with Crippen molar-refractivity contribution in [2.45, 2.75) is 5.33 Å². The fourth-order valence-electron chi connectivity index (χ4n) is 2.27. The van der Waals surface area contributed by atoms with Gasteiger partial charge in [-0.05, 0) is 44.8 Å². The molecule has 102 valence electrons. The van der Waals surface area contributed by atoms with Crippen LogP contribution in [0, 0.1) is 5.82 Å². The molecule has 0 fully saturated rings. The number of fused-ring (bicyclic) bond motifs is 1. The predicted octanol–water partition coefficient (Wildman–Crippen LogP) is 5.04. The highest BCUT2D eigenvalue weighted by molar-refractivity contribution is 9.10. The lowest BCUT2D eigenvalue weighted by molar-refractivity contribution is 0.618. The van der Waals surface area contributed by atoms with Crippen LogP contribution < -0.4 is 0 Å². The zero-order valence-electron chi connectivity index (χ0n) is 10.7. The van der Waals surface area contributed by atoms with Crippen molar-refractivity contribution < 1.29 is 4.39 Å². The molecular formula is C15H11Br2FN2. The Morgan fingerprint density at radius 3 is 2.75 bits per heavy atom. The van der Waals surface area contributed by atoms with Crippen LogP contribution in [0.3, 0.4) is 0 Å². The van der Waals surface area contributed by atoms with Crippen molar-refractivity contribution >= 4 is 42.8 Å². The van der Waals surface area contributed by atoms with Gasteiger partial charge in [-0.25, -0.2) is 4.39 Å². The van der Waals surface area contributed by atoms with Crippen molar-refractivity contribution in [3.05, 3.63) is 52.4 Å². The van der Waals surface area contributed by atoms with E-state index in [9.17, 15) is 4.39 Å². The summed E-state index contributed by atoms with van der Waals surface area (Å²) >= 11 is 6.83. The molecule has 5 heteroatoms. The van der Waals surface area contributed by atoms with E-state index in [1.807, 2.05) is 37.4 Å². The van der Waals surface area contributed by atoms with Gasteiger partial charge in [-0.1, -0.05) is 40.2 Å². The molecule has 0 radical (unpaired) electrons. The van der Waals surface area contributed by atoms with E-state index in [0.717, 1.165) is 26.6 Å². The Bertz CT molecular complexity index is 796. The van der Waals surface area contributed by atoms with E-state index in [4.69, 9.17) is 0 Å². The molecule has 1 aromatic heterocycles. The predicted molar refractivity (Wildman–Crippen MR) is 86.4 cm³/mol. The molecule has 0 saturated carbocycles. The smallest absolute Gasteiger partial charge is 0.127 e. The second kappa shape index (κ2) is 5.30. The summed E-state index contributed by atoms with van der Waals surface area (Å²) in [4.78, 5) is 0. The van der Waals surface area contributed by atoms with Gasteiger partial charge in [0.15, 0.2) is 0 Å². The number of aromatic nitrogens is 2. The summed E-state index contributed by atoms with van der Waals surface area (Å²) < 4.78 is 16.7. The summed E-state index contributed by atoms with van der Waals surface area (Å²) in [6, 6.07) is 11.2. The third kappa shape index (κ3) is 2.19. The summed E-state index contributed by atoms with van der Waals surface area (Å²) in [6.45, 7) is 0. The van der Waals surface area contributed by atoms with E-state index in [0.29, 0.717) is 10.9 Å². The fourth-order valence-corrected chi connectivity index (χ4v) is 3.22. The number of halogens is 3. The normalized spacial score (nSPS) is 11.2. The zero-order chi connectivity index (χ0) is 14.3. The van der Waals surface area contributed by atoms with Crippen LogP contribution in [-0.2, 0) is 12.4 Å². The van der Waals surface area contributed by atoms with E-state index in [2.05, 4.69) is 37.0 Å². The maximum absolute atomic E-state index is 14.0. The van der Waals surface area contributed by atoms with Gasteiger partial charge in [0.05, 0.1) is 5.52 Å². The van der Waals surface area contributed by atoms with E-state index in [-0.39, 0.29) is 5.82 Å². The molecule has 2 nitrogen and oxygen atoms in total. The number of nitrogens with zero attached hydrogens (tertiary/aromatic N) is 2. The Hall–Kier alpha value is -1.20. The number of aryl methyl sites for hydroxylation is 1. The summed E-state index contributed by atoms with van der Waals surface area (Å²) in [5, 5.41) is 5.94. The molecule has 1 heterocycles. The molecule has 20 heavy (non-hydrogen) atoms. The first-order chi connectivity index (χ1) is 9.61. The Kier molecular flexibility index (Phi) is 3.65. The van der Waals surface area contributed by atoms with Crippen LogP contribution in [0.25, 0.3) is 22.0 Å². The maximum Gasteiger partial charge on any atom is 0.127 e. The SMILES string of the molecule is Cn1nc2cccc(-c3ccc(CBr)c(F)c3)c2c1Br. The van der Waals surface area contributed by atoms with E-state index < -0.39 is 0 Å². The second-order valence-electron chi connectivity index (χ2n) is 4.55. The summed E-state index contributed by atoms with van der Waals surface area (Å²) in [5.74, 6) is -0.198. The first kappa shape index (κ1) is 13.8. The first-order valence-electron chi connectivity index (χ1n) is 6.08. The van der Waals surface area contributed by atoms with E-state index in [1.54, 1.807) is 10.7 Å².